The summed E-state index contributed by atoms with van der Waals surface area (Å²) >= 11 is 0. The van der Waals surface area contributed by atoms with E-state index in [2.05, 4.69) is 0 Å². The van der Waals surface area contributed by atoms with Crippen LogP contribution in [0.25, 0.3) is 0 Å². The SMILES string of the molecule is Cn1cc(S(=O)(=O)NCC(F)F)cc1C(=O)O. The van der Waals surface area contributed by atoms with Crippen LogP contribution in [0.2, 0.25) is 0 Å². The van der Waals surface area contributed by atoms with Crippen LogP contribution >= 0.6 is 0 Å². The fraction of sp³-hybridized carbons (Fsp3) is 0.375. The van der Waals surface area contributed by atoms with E-state index in [1.807, 2.05) is 0 Å². The molecule has 0 unspecified atom stereocenters. The van der Waals surface area contributed by atoms with Crippen LogP contribution in [0.3, 0.4) is 0 Å². The Morgan fingerprint density at radius 1 is 1.59 bits per heavy atom. The largest absolute Gasteiger partial charge is 0.477 e. The van der Waals surface area contributed by atoms with Crippen molar-refractivity contribution in [2.45, 2.75) is 11.3 Å². The summed E-state index contributed by atoms with van der Waals surface area (Å²) in [6.45, 7) is -1.01. The second-order valence-electron chi connectivity index (χ2n) is 3.22. The summed E-state index contributed by atoms with van der Waals surface area (Å²) in [6.07, 6.45) is -1.77. The fourth-order valence-corrected chi connectivity index (χ4v) is 2.23. The normalized spacial score (nSPS) is 12.0. The molecule has 0 saturated heterocycles. The van der Waals surface area contributed by atoms with Gasteiger partial charge in [0, 0.05) is 13.2 Å². The van der Waals surface area contributed by atoms with Gasteiger partial charge in [0.2, 0.25) is 10.0 Å². The molecule has 17 heavy (non-hydrogen) atoms. The summed E-state index contributed by atoms with van der Waals surface area (Å²) in [4.78, 5) is 10.3. The van der Waals surface area contributed by atoms with Crippen LogP contribution in [0, 0.1) is 0 Å². The van der Waals surface area contributed by atoms with Crippen molar-refractivity contribution in [3.8, 4) is 0 Å². The maximum atomic E-state index is 11.9. The van der Waals surface area contributed by atoms with Gasteiger partial charge in [-0.05, 0) is 6.07 Å². The Kier molecular flexibility index (Phi) is 3.83. The Labute approximate surface area is 95.9 Å². The zero-order valence-corrected chi connectivity index (χ0v) is 9.54. The highest BCUT2D eigenvalue weighted by Gasteiger charge is 2.21. The van der Waals surface area contributed by atoms with Gasteiger partial charge in [-0.25, -0.2) is 26.7 Å². The Morgan fingerprint density at radius 3 is 2.59 bits per heavy atom. The highest BCUT2D eigenvalue weighted by molar-refractivity contribution is 7.89. The minimum Gasteiger partial charge on any atom is -0.477 e. The Morgan fingerprint density at radius 2 is 2.18 bits per heavy atom. The average Bonchev–Trinajstić information content (AvgIpc) is 2.58. The average molecular weight is 268 g/mol. The predicted molar refractivity (Wildman–Crippen MR) is 53.6 cm³/mol. The van der Waals surface area contributed by atoms with Gasteiger partial charge in [0.25, 0.3) is 6.43 Å². The highest BCUT2D eigenvalue weighted by atomic mass is 32.2. The van der Waals surface area contributed by atoms with Crippen molar-refractivity contribution >= 4 is 16.0 Å². The highest BCUT2D eigenvalue weighted by Crippen LogP contribution is 2.13. The molecule has 0 aromatic carbocycles. The molecule has 0 spiro atoms. The molecule has 0 amide bonds. The number of alkyl halides is 2. The second kappa shape index (κ2) is 4.80. The summed E-state index contributed by atoms with van der Waals surface area (Å²) in [5, 5.41) is 8.71. The third-order valence-electron chi connectivity index (χ3n) is 1.94. The molecule has 1 heterocycles. The molecule has 0 radical (unpaired) electrons. The van der Waals surface area contributed by atoms with Gasteiger partial charge in [-0.15, -0.1) is 0 Å². The number of sulfonamides is 1. The van der Waals surface area contributed by atoms with Crippen LogP contribution < -0.4 is 4.72 Å². The van der Waals surface area contributed by atoms with E-state index in [-0.39, 0.29) is 10.6 Å². The maximum Gasteiger partial charge on any atom is 0.352 e. The van der Waals surface area contributed by atoms with Gasteiger partial charge in [-0.2, -0.15) is 0 Å². The molecule has 0 aliphatic rings. The van der Waals surface area contributed by atoms with Gasteiger partial charge in [-0.1, -0.05) is 0 Å². The van der Waals surface area contributed by atoms with Crippen molar-refractivity contribution in [2.24, 2.45) is 7.05 Å². The maximum absolute atomic E-state index is 11.9. The van der Waals surface area contributed by atoms with Crippen molar-refractivity contribution in [3.05, 3.63) is 18.0 Å². The molecule has 2 N–H and O–H groups in total. The number of aromatic carboxylic acids is 1. The zero-order chi connectivity index (χ0) is 13.2. The lowest BCUT2D eigenvalue weighted by Crippen LogP contribution is -2.28. The molecule has 96 valence electrons. The minimum absolute atomic E-state index is 0.248. The van der Waals surface area contributed by atoms with Crippen molar-refractivity contribution in [2.75, 3.05) is 6.54 Å². The lowest BCUT2D eigenvalue weighted by atomic mass is 10.4. The number of nitrogens with zero attached hydrogens (tertiary/aromatic N) is 1. The first kappa shape index (κ1) is 13.6. The molecule has 0 aliphatic carbocycles. The van der Waals surface area contributed by atoms with E-state index in [4.69, 9.17) is 5.11 Å². The van der Waals surface area contributed by atoms with Crippen LogP contribution in [-0.4, -0.2) is 37.0 Å². The quantitative estimate of drug-likeness (QED) is 0.802. The van der Waals surface area contributed by atoms with E-state index >= 15 is 0 Å². The zero-order valence-electron chi connectivity index (χ0n) is 8.72. The van der Waals surface area contributed by atoms with Gasteiger partial charge in [0.1, 0.15) is 10.6 Å². The predicted octanol–water partition coefficient (Wildman–Crippen LogP) is 0.267. The van der Waals surface area contributed by atoms with Crippen molar-refractivity contribution in [1.29, 1.82) is 0 Å². The molecule has 1 rings (SSSR count). The van der Waals surface area contributed by atoms with E-state index in [1.165, 1.54) is 7.05 Å². The molecule has 0 fully saturated rings. The first-order valence-corrected chi connectivity index (χ1v) is 5.90. The van der Waals surface area contributed by atoms with Gasteiger partial charge in [0.05, 0.1) is 6.54 Å². The van der Waals surface area contributed by atoms with E-state index in [0.717, 1.165) is 16.8 Å². The first-order valence-electron chi connectivity index (χ1n) is 4.41. The van der Waals surface area contributed by atoms with E-state index in [9.17, 15) is 22.0 Å². The van der Waals surface area contributed by atoms with Gasteiger partial charge in [0.15, 0.2) is 0 Å². The lowest BCUT2D eigenvalue weighted by Gasteiger charge is -2.03. The molecule has 0 aliphatic heterocycles. The number of nitrogens with one attached hydrogen (secondary N) is 1. The number of aromatic nitrogens is 1. The van der Waals surface area contributed by atoms with Crippen LogP contribution in [0.5, 0.6) is 0 Å². The minimum atomic E-state index is -4.10. The number of carboxylic acid groups (broad SMARTS) is 1. The summed E-state index contributed by atoms with van der Waals surface area (Å²) in [5.41, 5.74) is -0.248. The molecule has 0 saturated carbocycles. The molecule has 1 aromatic heterocycles. The summed E-state index contributed by atoms with van der Waals surface area (Å²) < 4.78 is 49.4. The summed E-state index contributed by atoms with van der Waals surface area (Å²) in [7, 11) is -2.76. The number of carbonyl (C=O) groups is 1. The third-order valence-corrected chi connectivity index (χ3v) is 3.33. The number of hydrogen-bond acceptors (Lipinski definition) is 3. The van der Waals surface area contributed by atoms with E-state index < -0.39 is 29.0 Å². The van der Waals surface area contributed by atoms with Crippen molar-refractivity contribution in [1.82, 2.24) is 9.29 Å². The fourth-order valence-electron chi connectivity index (χ4n) is 1.15. The molecule has 9 heteroatoms. The molecule has 0 atom stereocenters. The number of rotatable bonds is 5. The van der Waals surface area contributed by atoms with Gasteiger partial charge < -0.3 is 9.67 Å². The number of carboxylic acids is 1. The van der Waals surface area contributed by atoms with Crippen molar-refractivity contribution < 1.29 is 27.1 Å². The smallest absolute Gasteiger partial charge is 0.352 e. The summed E-state index contributed by atoms with van der Waals surface area (Å²) in [5.74, 6) is -1.30. The third kappa shape index (κ3) is 3.24. The Balaban J connectivity index is 3.00. The second-order valence-corrected chi connectivity index (χ2v) is 4.99. The monoisotopic (exact) mass is 268 g/mol. The topological polar surface area (TPSA) is 88.4 Å². The Bertz CT molecular complexity index is 524. The number of hydrogen-bond donors (Lipinski definition) is 2. The molecular formula is C8H10F2N2O4S. The standard InChI is InChI=1S/C8H10F2N2O4S/c1-12-4-5(2-6(12)8(13)14)17(15,16)11-3-7(9)10/h2,4,7,11H,3H2,1H3,(H,13,14). The van der Waals surface area contributed by atoms with Crippen LogP contribution in [-0.2, 0) is 17.1 Å². The Hall–Kier alpha value is -1.48. The number of aryl methyl sites for hydroxylation is 1. The van der Waals surface area contributed by atoms with Crippen molar-refractivity contribution in [3.63, 3.8) is 0 Å². The lowest BCUT2D eigenvalue weighted by molar-refractivity contribution is 0.0686. The molecule has 0 bridgehead atoms. The summed E-state index contributed by atoms with van der Waals surface area (Å²) in [6, 6.07) is 0.899. The molecular weight excluding hydrogens is 258 g/mol. The van der Waals surface area contributed by atoms with E-state index in [1.54, 1.807) is 4.72 Å². The van der Waals surface area contributed by atoms with Crippen LogP contribution in [0.4, 0.5) is 8.78 Å². The molecule has 1 aromatic rings. The van der Waals surface area contributed by atoms with Crippen LogP contribution in [0.15, 0.2) is 17.2 Å². The van der Waals surface area contributed by atoms with Gasteiger partial charge in [-0.3, -0.25) is 0 Å². The van der Waals surface area contributed by atoms with E-state index in [0.29, 0.717) is 0 Å². The van der Waals surface area contributed by atoms with Gasteiger partial charge >= 0.3 is 5.97 Å². The van der Waals surface area contributed by atoms with Crippen LogP contribution in [0.1, 0.15) is 10.5 Å². The number of halogens is 2. The molecule has 6 nitrogen and oxygen atoms in total. The first-order chi connectivity index (χ1) is 7.74.